The highest BCUT2D eigenvalue weighted by molar-refractivity contribution is 6.32. The molecular weight excluding hydrogens is 238 g/mol. The van der Waals surface area contributed by atoms with Crippen LogP contribution < -0.4 is 10.6 Å². The van der Waals surface area contributed by atoms with Gasteiger partial charge in [-0.15, -0.1) is 6.42 Å². The van der Waals surface area contributed by atoms with Crippen LogP contribution in [0.1, 0.15) is 5.56 Å². The molecule has 0 atom stereocenters. The zero-order valence-corrected chi connectivity index (χ0v) is 9.71. The molecule has 0 bridgehead atoms. The molecule has 0 radical (unpaired) electrons. The number of nitriles is 1. The lowest BCUT2D eigenvalue weighted by molar-refractivity contribution is -0.115. The molecule has 0 aromatic heterocycles. The van der Waals surface area contributed by atoms with E-state index in [2.05, 4.69) is 16.6 Å². The molecule has 0 aliphatic rings. The van der Waals surface area contributed by atoms with E-state index in [0.717, 1.165) is 0 Å². The summed E-state index contributed by atoms with van der Waals surface area (Å²) in [5.41, 5.74) is 0.914. The summed E-state index contributed by atoms with van der Waals surface area (Å²) in [6.07, 6.45) is 5.03. The Morgan fingerprint density at radius 3 is 2.88 bits per heavy atom. The maximum Gasteiger partial charge on any atom is 0.238 e. The molecule has 4 nitrogen and oxygen atoms in total. The second-order valence-electron chi connectivity index (χ2n) is 3.16. The lowest BCUT2D eigenvalue weighted by Crippen LogP contribution is -2.28. The SMILES string of the molecule is C#CCNCC(=O)Nc1ccc(C#N)c(Cl)c1. The monoisotopic (exact) mass is 247 g/mol. The Hall–Kier alpha value is -2.01. The van der Waals surface area contributed by atoms with E-state index in [0.29, 0.717) is 22.8 Å². The van der Waals surface area contributed by atoms with Crippen molar-refractivity contribution in [2.24, 2.45) is 0 Å². The van der Waals surface area contributed by atoms with Crippen molar-refractivity contribution in [1.82, 2.24) is 5.32 Å². The third-order valence-corrected chi connectivity index (χ3v) is 2.20. The molecule has 0 heterocycles. The zero-order chi connectivity index (χ0) is 12.7. The van der Waals surface area contributed by atoms with Gasteiger partial charge in [-0.2, -0.15) is 5.26 Å². The average molecular weight is 248 g/mol. The topological polar surface area (TPSA) is 64.9 Å². The molecule has 0 fully saturated rings. The minimum Gasteiger partial charge on any atom is -0.325 e. The van der Waals surface area contributed by atoms with E-state index < -0.39 is 0 Å². The first-order valence-corrected chi connectivity index (χ1v) is 5.19. The molecule has 2 N–H and O–H groups in total. The molecule has 86 valence electrons. The number of anilines is 1. The van der Waals surface area contributed by atoms with Crippen LogP contribution in [-0.2, 0) is 4.79 Å². The second kappa shape index (κ2) is 6.55. The fourth-order valence-electron chi connectivity index (χ4n) is 1.14. The van der Waals surface area contributed by atoms with Crippen molar-refractivity contribution < 1.29 is 4.79 Å². The van der Waals surface area contributed by atoms with Crippen LogP contribution >= 0.6 is 11.6 Å². The van der Waals surface area contributed by atoms with Crippen molar-refractivity contribution in [3.05, 3.63) is 28.8 Å². The molecule has 5 heteroatoms. The van der Waals surface area contributed by atoms with Gasteiger partial charge in [-0.05, 0) is 18.2 Å². The van der Waals surface area contributed by atoms with Crippen molar-refractivity contribution in [2.75, 3.05) is 18.4 Å². The number of hydrogen-bond donors (Lipinski definition) is 2. The minimum atomic E-state index is -0.221. The summed E-state index contributed by atoms with van der Waals surface area (Å²) in [6, 6.07) is 6.63. The van der Waals surface area contributed by atoms with Crippen molar-refractivity contribution in [1.29, 1.82) is 5.26 Å². The molecular formula is C12H10ClN3O. The van der Waals surface area contributed by atoms with Gasteiger partial charge in [0.2, 0.25) is 5.91 Å². The molecule has 1 aromatic rings. The highest BCUT2D eigenvalue weighted by Crippen LogP contribution is 2.19. The van der Waals surface area contributed by atoms with Crippen LogP contribution in [0, 0.1) is 23.7 Å². The molecule has 1 rings (SSSR count). The van der Waals surface area contributed by atoms with E-state index in [1.807, 2.05) is 6.07 Å². The third kappa shape index (κ3) is 4.16. The fraction of sp³-hybridized carbons (Fsp3) is 0.167. The molecule has 0 saturated heterocycles. The Morgan fingerprint density at radius 1 is 1.53 bits per heavy atom. The van der Waals surface area contributed by atoms with Gasteiger partial charge in [-0.3, -0.25) is 10.1 Å². The van der Waals surface area contributed by atoms with Gasteiger partial charge < -0.3 is 5.32 Å². The predicted molar refractivity (Wildman–Crippen MR) is 66.5 cm³/mol. The van der Waals surface area contributed by atoms with E-state index in [-0.39, 0.29) is 12.5 Å². The van der Waals surface area contributed by atoms with Crippen molar-refractivity contribution in [2.45, 2.75) is 0 Å². The smallest absolute Gasteiger partial charge is 0.238 e. The number of amides is 1. The van der Waals surface area contributed by atoms with Crippen LogP contribution in [0.3, 0.4) is 0 Å². The quantitative estimate of drug-likeness (QED) is 0.624. The number of hydrogen-bond acceptors (Lipinski definition) is 3. The predicted octanol–water partition coefficient (Wildman–Crippen LogP) is 1.37. The summed E-state index contributed by atoms with van der Waals surface area (Å²) in [7, 11) is 0. The van der Waals surface area contributed by atoms with Gasteiger partial charge >= 0.3 is 0 Å². The Labute approximate surface area is 105 Å². The Kier molecular flexibility index (Phi) is 5.03. The number of nitrogens with zero attached hydrogens (tertiary/aromatic N) is 1. The molecule has 0 saturated carbocycles. The molecule has 0 spiro atoms. The zero-order valence-electron chi connectivity index (χ0n) is 8.96. The highest BCUT2D eigenvalue weighted by atomic mass is 35.5. The normalized spacial score (nSPS) is 9.12. The molecule has 0 aliphatic carbocycles. The number of nitrogens with one attached hydrogen (secondary N) is 2. The van der Waals surface area contributed by atoms with Gasteiger partial charge in [0, 0.05) is 5.69 Å². The van der Waals surface area contributed by atoms with Crippen molar-refractivity contribution >= 4 is 23.2 Å². The summed E-state index contributed by atoms with van der Waals surface area (Å²) < 4.78 is 0. The van der Waals surface area contributed by atoms with Crippen molar-refractivity contribution in [3.63, 3.8) is 0 Å². The van der Waals surface area contributed by atoms with E-state index in [9.17, 15) is 4.79 Å². The molecule has 1 amide bonds. The van der Waals surface area contributed by atoms with Gasteiger partial charge in [-0.25, -0.2) is 0 Å². The lowest BCUT2D eigenvalue weighted by atomic mass is 10.2. The standard InChI is InChI=1S/C12H10ClN3O/c1-2-5-15-8-12(17)16-10-4-3-9(7-14)11(13)6-10/h1,3-4,6,15H,5,8H2,(H,16,17). The van der Waals surface area contributed by atoms with Gasteiger partial charge in [0.15, 0.2) is 0 Å². The summed E-state index contributed by atoms with van der Waals surface area (Å²) in [6.45, 7) is 0.462. The van der Waals surface area contributed by atoms with Gasteiger partial charge in [0.05, 0.1) is 23.7 Å². The fourth-order valence-corrected chi connectivity index (χ4v) is 1.36. The first kappa shape index (κ1) is 13.1. The number of benzene rings is 1. The first-order valence-electron chi connectivity index (χ1n) is 4.81. The minimum absolute atomic E-state index is 0.127. The van der Waals surface area contributed by atoms with Crippen LogP contribution in [0.4, 0.5) is 5.69 Å². The van der Waals surface area contributed by atoms with Crippen molar-refractivity contribution in [3.8, 4) is 18.4 Å². The maximum absolute atomic E-state index is 11.4. The summed E-state index contributed by atoms with van der Waals surface area (Å²) in [5.74, 6) is 2.14. The van der Waals surface area contributed by atoms with Gasteiger partial charge in [0.1, 0.15) is 6.07 Å². The molecule has 17 heavy (non-hydrogen) atoms. The number of terminal acetylenes is 1. The average Bonchev–Trinajstić information content (AvgIpc) is 2.29. The van der Waals surface area contributed by atoms with Crippen LogP contribution in [0.25, 0.3) is 0 Å². The maximum atomic E-state index is 11.4. The molecule has 0 aliphatic heterocycles. The van der Waals surface area contributed by atoms with Crippen LogP contribution in [0.15, 0.2) is 18.2 Å². The second-order valence-corrected chi connectivity index (χ2v) is 3.57. The lowest BCUT2D eigenvalue weighted by Gasteiger charge is -2.06. The van der Waals surface area contributed by atoms with E-state index in [1.54, 1.807) is 12.1 Å². The molecule has 1 aromatic carbocycles. The Morgan fingerprint density at radius 2 is 2.29 bits per heavy atom. The van der Waals surface area contributed by atoms with E-state index in [1.165, 1.54) is 6.07 Å². The largest absolute Gasteiger partial charge is 0.325 e. The molecule has 0 unspecified atom stereocenters. The van der Waals surface area contributed by atoms with E-state index >= 15 is 0 Å². The number of halogens is 1. The van der Waals surface area contributed by atoms with Crippen LogP contribution in [0.2, 0.25) is 5.02 Å². The summed E-state index contributed by atoms with van der Waals surface area (Å²) >= 11 is 5.82. The highest BCUT2D eigenvalue weighted by Gasteiger charge is 2.04. The number of rotatable bonds is 4. The van der Waals surface area contributed by atoms with Gasteiger partial charge in [0.25, 0.3) is 0 Å². The number of carbonyl (C=O) groups is 1. The summed E-state index contributed by atoms with van der Waals surface area (Å²) in [4.78, 5) is 11.4. The number of carbonyl (C=O) groups excluding carboxylic acids is 1. The van der Waals surface area contributed by atoms with Crippen LogP contribution in [-0.4, -0.2) is 19.0 Å². The Balaban J connectivity index is 2.58. The summed E-state index contributed by atoms with van der Waals surface area (Å²) in [5, 5.41) is 14.4. The Bertz CT molecular complexity index is 499. The van der Waals surface area contributed by atoms with Crippen LogP contribution in [0.5, 0.6) is 0 Å². The third-order valence-electron chi connectivity index (χ3n) is 1.89. The van der Waals surface area contributed by atoms with E-state index in [4.69, 9.17) is 23.3 Å². The first-order chi connectivity index (χ1) is 8.17. The van der Waals surface area contributed by atoms with Gasteiger partial charge in [-0.1, -0.05) is 17.5 Å².